The molecule has 0 spiro atoms. The lowest BCUT2D eigenvalue weighted by molar-refractivity contribution is -0.140. The van der Waals surface area contributed by atoms with Crippen LogP contribution in [0.5, 0.6) is 5.75 Å². The predicted octanol–water partition coefficient (Wildman–Crippen LogP) is 1.86. The quantitative estimate of drug-likeness (QED) is 0.801. The molecule has 1 rings (SSSR count). The Hall–Kier alpha value is -1.60. The van der Waals surface area contributed by atoms with E-state index in [0.717, 1.165) is 0 Å². The average Bonchev–Trinajstić information content (AvgIpc) is 2.35. The van der Waals surface area contributed by atoms with Crippen molar-refractivity contribution in [2.75, 3.05) is 0 Å². The molecule has 118 valence electrons. The van der Waals surface area contributed by atoms with Gasteiger partial charge in [0, 0.05) is 0 Å². The molecule has 0 saturated heterocycles. The number of nitrogens with one attached hydrogen (secondary N) is 1. The van der Waals surface area contributed by atoms with Crippen molar-refractivity contribution < 1.29 is 23.1 Å². The van der Waals surface area contributed by atoms with Crippen molar-refractivity contribution in [3.05, 3.63) is 24.3 Å². The van der Waals surface area contributed by atoms with Crippen LogP contribution < -0.4 is 9.46 Å². The van der Waals surface area contributed by atoms with Crippen molar-refractivity contribution in [2.45, 2.75) is 44.7 Å². The van der Waals surface area contributed by atoms with Gasteiger partial charge in [0.2, 0.25) is 10.0 Å². The maximum Gasteiger partial charge on any atom is 0.322 e. The van der Waals surface area contributed by atoms with E-state index < -0.39 is 22.0 Å². The molecule has 0 bridgehead atoms. The molecule has 0 amide bonds. The Balaban J connectivity index is 2.95. The van der Waals surface area contributed by atoms with Gasteiger partial charge in [-0.05, 0) is 44.0 Å². The van der Waals surface area contributed by atoms with Gasteiger partial charge < -0.3 is 9.84 Å². The molecule has 6 nitrogen and oxygen atoms in total. The van der Waals surface area contributed by atoms with Crippen LogP contribution in [0.4, 0.5) is 0 Å². The number of carbonyl (C=O) groups is 1. The fourth-order valence-corrected chi connectivity index (χ4v) is 3.01. The van der Waals surface area contributed by atoms with E-state index in [4.69, 9.17) is 9.84 Å². The summed E-state index contributed by atoms with van der Waals surface area (Å²) in [4.78, 5) is 11.1. The molecule has 0 aromatic heterocycles. The summed E-state index contributed by atoms with van der Waals surface area (Å²) in [6, 6.07) is 4.69. The number of sulfonamides is 1. The van der Waals surface area contributed by atoms with Gasteiger partial charge in [-0.15, -0.1) is 0 Å². The van der Waals surface area contributed by atoms with Crippen molar-refractivity contribution in [3.63, 3.8) is 0 Å². The lowest BCUT2D eigenvalue weighted by Gasteiger charge is -2.18. The summed E-state index contributed by atoms with van der Waals surface area (Å²) in [6.07, 6.45) is -0.0112. The van der Waals surface area contributed by atoms with Crippen LogP contribution in [0.3, 0.4) is 0 Å². The number of rotatable bonds is 7. The zero-order chi connectivity index (χ0) is 16.2. The summed E-state index contributed by atoms with van der Waals surface area (Å²) in [7, 11) is -3.88. The summed E-state index contributed by atoms with van der Waals surface area (Å²) in [5.74, 6) is -1.00. The van der Waals surface area contributed by atoms with Gasteiger partial charge in [0.05, 0.1) is 11.0 Å². The molecular weight excluding hydrogens is 294 g/mol. The molecule has 0 saturated carbocycles. The molecule has 1 aromatic carbocycles. The van der Waals surface area contributed by atoms with E-state index >= 15 is 0 Å². The van der Waals surface area contributed by atoms with Crippen LogP contribution in [-0.2, 0) is 14.8 Å². The monoisotopic (exact) mass is 315 g/mol. The molecule has 7 heteroatoms. The standard InChI is InChI=1S/C14H21NO5S/c1-9(2)13(14(16)17)15-21(18,19)12-7-5-11(6-8-12)20-10(3)4/h5-10,13,15H,1-4H3,(H,16,17). The average molecular weight is 315 g/mol. The van der Waals surface area contributed by atoms with Crippen LogP contribution in [0.25, 0.3) is 0 Å². The number of carboxylic acid groups (broad SMARTS) is 1. The van der Waals surface area contributed by atoms with Crippen LogP contribution >= 0.6 is 0 Å². The zero-order valence-corrected chi connectivity index (χ0v) is 13.3. The van der Waals surface area contributed by atoms with Crippen molar-refractivity contribution in [3.8, 4) is 5.75 Å². The van der Waals surface area contributed by atoms with Crippen molar-refractivity contribution >= 4 is 16.0 Å². The van der Waals surface area contributed by atoms with Gasteiger partial charge in [-0.25, -0.2) is 8.42 Å². The van der Waals surface area contributed by atoms with E-state index in [2.05, 4.69) is 4.72 Å². The highest BCUT2D eigenvalue weighted by molar-refractivity contribution is 7.89. The second-order valence-corrected chi connectivity index (χ2v) is 7.03. The van der Waals surface area contributed by atoms with Gasteiger partial charge in [-0.3, -0.25) is 4.79 Å². The molecule has 0 aliphatic carbocycles. The second-order valence-electron chi connectivity index (χ2n) is 5.32. The first kappa shape index (κ1) is 17.5. The highest BCUT2D eigenvalue weighted by atomic mass is 32.2. The molecule has 1 atom stereocenters. The molecule has 0 aliphatic heterocycles. The molecule has 1 unspecified atom stereocenters. The van der Waals surface area contributed by atoms with Gasteiger partial charge in [0.1, 0.15) is 11.8 Å². The first-order valence-electron chi connectivity index (χ1n) is 6.65. The smallest absolute Gasteiger partial charge is 0.322 e. The van der Waals surface area contributed by atoms with E-state index in [0.29, 0.717) is 5.75 Å². The Labute approximate surface area is 125 Å². The molecule has 2 N–H and O–H groups in total. The van der Waals surface area contributed by atoms with Crippen LogP contribution in [-0.4, -0.2) is 31.6 Å². The van der Waals surface area contributed by atoms with Crippen LogP contribution in [0, 0.1) is 5.92 Å². The lowest BCUT2D eigenvalue weighted by Crippen LogP contribution is -2.44. The fourth-order valence-electron chi connectivity index (χ4n) is 1.68. The Morgan fingerprint density at radius 3 is 2.05 bits per heavy atom. The maximum absolute atomic E-state index is 12.2. The Bertz CT molecular complexity index is 578. The van der Waals surface area contributed by atoms with Crippen LogP contribution in [0.15, 0.2) is 29.2 Å². The molecule has 0 aliphatic rings. The molecular formula is C14H21NO5S. The van der Waals surface area contributed by atoms with E-state index in [1.807, 2.05) is 13.8 Å². The molecule has 1 aromatic rings. The van der Waals surface area contributed by atoms with Gasteiger partial charge in [0.25, 0.3) is 0 Å². The number of ether oxygens (including phenoxy) is 1. The first-order chi connectivity index (χ1) is 9.63. The number of carboxylic acids is 1. The number of benzene rings is 1. The maximum atomic E-state index is 12.2. The Morgan fingerprint density at radius 1 is 1.14 bits per heavy atom. The summed E-state index contributed by atoms with van der Waals surface area (Å²) >= 11 is 0. The highest BCUT2D eigenvalue weighted by Crippen LogP contribution is 2.18. The normalized spacial score (nSPS) is 13.4. The SMILES string of the molecule is CC(C)Oc1ccc(S(=O)(=O)NC(C(=O)O)C(C)C)cc1. The second kappa shape index (κ2) is 6.91. The first-order valence-corrected chi connectivity index (χ1v) is 8.13. The Kier molecular flexibility index (Phi) is 5.74. The van der Waals surface area contributed by atoms with Gasteiger partial charge in [-0.2, -0.15) is 4.72 Å². The minimum absolute atomic E-state index is 0.00510. The Morgan fingerprint density at radius 2 is 1.67 bits per heavy atom. The topological polar surface area (TPSA) is 92.7 Å². The summed E-state index contributed by atoms with van der Waals surface area (Å²) in [5.41, 5.74) is 0. The highest BCUT2D eigenvalue weighted by Gasteiger charge is 2.27. The number of aliphatic carboxylic acids is 1. The third-order valence-corrected chi connectivity index (χ3v) is 4.18. The van der Waals surface area contributed by atoms with E-state index in [9.17, 15) is 13.2 Å². The fraction of sp³-hybridized carbons (Fsp3) is 0.500. The zero-order valence-electron chi connectivity index (χ0n) is 12.5. The van der Waals surface area contributed by atoms with Crippen molar-refractivity contribution in [1.82, 2.24) is 4.72 Å². The van der Waals surface area contributed by atoms with Crippen LogP contribution in [0.1, 0.15) is 27.7 Å². The minimum atomic E-state index is -3.88. The number of hydrogen-bond acceptors (Lipinski definition) is 4. The number of hydrogen-bond donors (Lipinski definition) is 2. The predicted molar refractivity (Wildman–Crippen MR) is 78.8 cm³/mol. The van der Waals surface area contributed by atoms with E-state index in [1.165, 1.54) is 12.1 Å². The van der Waals surface area contributed by atoms with Crippen LogP contribution in [0.2, 0.25) is 0 Å². The van der Waals surface area contributed by atoms with E-state index in [1.54, 1.807) is 26.0 Å². The molecule has 0 fully saturated rings. The van der Waals surface area contributed by atoms with Gasteiger partial charge >= 0.3 is 5.97 Å². The third-order valence-electron chi connectivity index (χ3n) is 2.72. The molecule has 0 heterocycles. The van der Waals surface area contributed by atoms with Gasteiger partial charge in [-0.1, -0.05) is 13.8 Å². The largest absolute Gasteiger partial charge is 0.491 e. The summed E-state index contributed by atoms with van der Waals surface area (Å²) < 4.78 is 32.0. The van der Waals surface area contributed by atoms with Crippen molar-refractivity contribution in [2.24, 2.45) is 5.92 Å². The molecule has 21 heavy (non-hydrogen) atoms. The minimum Gasteiger partial charge on any atom is -0.491 e. The molecule has 0 radical (unpaired) electrons. The van der Waals surface area contributed by atoms with Crippen molar-refractivity contribution in [1.29, 1.82) is 0 Å². The van der Waals surface area contributed by atoms with E-state index in [-0.39, 0.29) is 16.9 Å². The summed E-state index contributed by atoms with van der Waals surface area (Å²) in [6.45, 7) is 7.01. The third kappa shape index (κ3) is 5.02. The lowest BCUT2D eigenvalue weighted by atomic mass is 10.1. The van der Waals surface area contributed by atoms with Gasteiger partial charge in [0.15, 0.2) is 0 Å². The summed E-state index contributed by atoms with van der Waals surface area (Å²) in [5, 5.41) is 9.05.